The lowest BCUT2D eigenvalue weighted by Crippen LogP contribution is -2.45. The number of ether oxygens (including phenoxy) is 3. The summed E-state index contributed by atoms with van der Waals surface area (Å²) in [5, 5.41) is 2.99. The average molecular weight is 427 g/mol. The van der Waals surface area contributed by atoms with E-state index < -0.39 is 0 Å². The molecule has 1 saturated heterocycles. The minimum atomic E-state index is -0.223. The van der Waals surface area contributed by atoms with Crippen LogP contribution < -0.4 is 19.5 Å². The van der Waals surface area contributed by atoms with Gasteiger partial charge in [-0.15, -0.1) is 0 Å². The summed E-state index contributed by atoms with van der Waals surface area (Å²) in [6.07, 6.45) is 1.94. The van der Waals surface area contributed by atoms with Crippen LogP contribution in [-0.4, -0.2) is 51.1 Å². The van der Waals surface area contributed by atoms with Crippen LogP contribution in [0, 0.1) is 5.92 Å². The second-order valence-electron chi connectivity index (χ2n) is 7.58. The first-order valence-electron chi connectivity index (χ1n) is 10.4. The molecule has 2 amide bonds. The summed E-state index contributed by atoms with van der Waals surface area (Å²) in [6.45, 7) is 1.44. The highest BCUT2D eigenvalue weighted by molar-refractivity contribution is 5.82. The van der Waals surface area contributed by atoms with Gasteiger partial charge in [-0.3, -0.25) is 9.59 Å². The van der Waals surface area contributed by atoms with Crippen LogP contribution in [0.5, 0.6) is 17.2 Å². The number of amides is 2. The summed E-state index contributed by atoms with van der Waals surface area (Å²) < 4.78 is 16.1. The molecule has 0 spiro atoms. The third kappa shape index (κ3) is 5.69. The molecule has 0 aliphatic carbocycles. The molecular weight excluding hydrogens is 396 g/mol. The monoisotopic (exact) mass is 426 g/mol. The van der Waals surface area contributed by atoms with Crippen LogP contribution in [0.1, 0.15) is 24.0 Å². The highest BCUT2D eigenvalue weighted by atomic mass is 16.5. The van der Waals surface area contributed by atoms with E-state index in [0.29, 0.717) is 43.3 Å². The Morgan fingerprint density at radius 1 is 1.00 bits per heavy atom. The minimum absolute atomic E-state index is 0.0604. The smallest absolute Gasteiger partial charge is 0.227 e. The number of piperidine rings is 1. The van der Waals surface area contributed by atoms with E-state index in [1.807, 2.05) is 30.3 Å². The van der Waals surface area contributed by atoms with Crippen molar-refractivity contribution < 1.29 is 23.8 Å². The second kappa shape index (κ2) is 10.7. The molecule has 1 N–H and O–H groups in total. The van der Waals surface area contributed by atoms with Gasteiger partial charge in [0.05, 0.1) is 33.7 Å². The van der Waals surface area contributed by atoms with Crippen molar-refractivity contribution in [2.75, 3.05) is 34.4 Å². The Hall–Kier alpha value is -3.22. The van der Waals surface area contributed by atoms with E-state index in [1.54, 1.807) is 38.4 Å². The van der Waals surface area contributed by atoms with Crippen LogP contribution in [0.2, 0.25) is 0 Å². The Balaban J connectivity index is 1.60. The normalized spacial score (nSPS) is 15.8. The van der Waals surface area contributed by atoms with Gasteiger partial charge < -0.3 is 24.4 Å². The number of nitrogens with one attached hydrogen (secondary N) is 1. The van der Waals surface area contributed by atoms with Crippen molar-refractivity contribution in [3.05, 3.63) is 53.6 Å². The molecule has 1 heterocycles. The maximum Gasteiger partial charge on any atom is 0.227 e. The zero-order valence-corrected chi connectivity index (χ0v) is 18.3. The third-order valence-electron chi connectivity index (χ3n) is 5.58. The maximum atomic E-state index is 12.8. The minimum Gasteiger partial charge on any atom is -0.496 e. The lowest BCUT2D eigenvalue weighted by molar-refractivity contribution is -0.135. The number of hydrogen-bond acceptors (Lipinski definition) is 5. The average Bonchev–Trinajstić information content (AvgIpc) is 2.82. The van der Waals surface area contributed by atoms with Gasteiger partial charge in [0, 0.05) is 31.3 Å². The molecule has 1 aliphatic heterocycles. The summed E-state index contributed by atoms with van der Waals surface area (Å²) in [4.78, 5) is 27.3. The fourth-order valence-corrected chi connectivity index (χ4v) is 3.86. The molecule has 7 nitrogen and oxygen atoms in total. The van der Waals surface area contributed by atoms with E-state index in [0.717, 1.165) is 24.0 Å². The van der Waals surface area contributed by atoms with Crippen LogP contribution >= 0.6 is 0 Å². The Labute approximate surface area is 183 Å². The van der Waals surface area contributed by atoms with Crippen LogP contribution in [0.25, 0.3) is 0 Å². The highest BCUT2D eigenvalue weighted by Crippen LogP contribution is 2.34. The van der Waals surface area contributed by atoms with E-state index in [9.17, 15) is 9.59 Å². The number of carbonyl (C=O) groups is 2. The second-order valence-corrected chi connectivity index (χ2v) is 7.58. The Bertz CT molecular complexity index is 900. The van der Waals surface area contributed by atoms with Gasteiger partial charge in [0.15, 0.2) is 11.5 Å². The van der Waals surface area contributed by atoms with Gasteiger partial charge in [0.25, 0.3) is 0 Å². The molecule has 0 bridgehead atoms. The van der Waals surface area contributed by atoms with Gasteiger partial charge in [0.2, 0.25) is 11.8 Å². The van der Waals surface area contributed by atoms with E-state index >= 15 is 0 Å². The molecule has 1 fully saturated rings. The number of methoxy groups -OCH3 is 3. The van der Waals surface area contributed by atoms with Crippen molar-refractivity contribution in [2.45, 2.75) is 25.8 Å². The molecule has 7 heteroatoms. The lowest BCUT2D eigenvalue weighted by Gasteiger charge is -2.32. The van der Waals surface area contributed by atoms with Crippen LogP contribution in [-0.2, 0) is 22.6 Å². The molecular formula is C24H30N2O5. The molecule has 1 atom stereocenters. The first-order valence-corrected chi connectivity index (χ1v) is 10.4. The van der Waals surface area contributed by atoms with Crippen molar-refractivity contribution in [3.63, 3.8) is 0 Å². The molecule has 3 rings (SSSR count). The number of rotatable bonds is 8. The summed E-state index contributed by atoms with van der Waals surface area (Å²) in [6, 6.07) is 13.2. The van der Waals surface area contributed by atoms with Crippen LogP contribution in [0.4, 0.5) is 0 Å². The van der Waals surface area contributed by atoms with E-state index in [2.05, 4.69) is 5.32 Å². The molecule has 0 saturated carbocycles. The van der Waals surface area contributed by atoms with Gasteiger partial charge in [-0.2, -0.15) is 0 Å². The van der Waals surface area contributed by atoms with Crippen molar-refractivity contribution >= 4 is 11.8 Å². The summed E-state index contributed by atoms with van der Waals surface area (Å²) in [5.74, 6) is 1.53. The zero-order chi connectivity index (χ0) is 22.2. The van der Waals surface area contributed by atoms with Crippen LogP contribution in [0.15, 0.2) is 42.5 Å². The topological polar surface area (TPSA) is 77.1 Å². The van der Waals surface area contributed by atoms with Gasteiger partial charge >= 0.3 is 0 Å². The van der Waals surface area contributed by atoms with Crippen molar-refractivity contribution in [3.8, 4) is 17.2 Å². The highest BCUT2D eigenvalue weighted by Gasteiger charge is 2.28. The molecule has 0 aromatic heterocycles. The lowest BCUT2D eigenvalue weighted by atomic mass is 9.96. The number of likely N-dealkylation sites (tertiary alicyclic amines) is 1. The number of benzene rings is 2. The Morgan fingerprint density at radius 3 is 2.35 bits per heavy atom. The predicted molar refractivity (Wildman–Crippen MR) is 117 cm³/mol. The fraction of sp³-hybridized carbons (Fsp3) is 0.417. The van der Waals surface area contributed by atoms with E-state index in [4.69, 9.17) is 14.2 Å². The van der Waals surface area contributed by atoms with Crippen molar-refractivity contribution in [1.82, 2.24) is 10.2 Å². The fourth-order valence-electron chi connectivity index (χ4n) is 3.86. The molecule has 0 radical (unpaired) electrons. The standard InChI is InChI=1S/C24H30N2O5/c1-29-20-14-22(31-3)21(30-2)13-19(20)15-25-24(28)18-10-7-11-26(16-18)23(27)12-17-8-5-4-6-9-17/h4-6,8-9,13-14,18H,7,10-12,15-16H2,1-3H3,(H,25,28). The van der Waals surface area contributed by atoms with Crippen LogP contribution in [0.3, 0.4) is 0 Å². The largest absolute Gasteiger partial charge is 0.496 e. The Morgan fingerprint density at radius 2 is 1.68 bits per heavy atom. The quantitative estimate of drug-likeness (QED) is 0.702. The Kier molecular flexibility index (Phi) is 7.76. The van der Waals surface area contributed by atoms with Gasteiger partial charge in [-0.05, 0) is 24.5 Å². The van der Waals surface area contributed by atoms with E-state index in [1.165, 1.54) is 0 Å². The number of hydrogen-bond donors (Lipinski definition) is 1. The van der Waals surface area contributed by atoms with Crippen molar-refractivity contribution in [2.24, 2.45) is 5.92 Å². The first kappa shape index (κ1) is 22.5. The predicted octanol–water partition coefficient (Wildman–Crippen LogP) is 2.81. The molecule has 1 unspecified atom stereocenters. The molecule has 166 valence electrons. The third-order valence-corrected chi connectivity index (χ3v) is 5.58. The molecule has 2 aromatic carbocycles. The molecule has 31 heavy (non-hydrogen) atoms. The van der Waals surface area contributed by atoms with Crippen molar-refractivity contribution in [1.29, 1.82) is 0 Å². The zero-order valence-electron chi connectivity index (χ0n) is 18.3. The SMILES string of the molecule is COc1cc(OC)c(OC)cc1CNC(=O)C1CCCN(C(=O)Cc2ccccc2)C1. The summed E-state index contributed by atoms with van der Waals surface area (Å²) in [5.41, 5.74) is 1.78. The number of nitrogens with zero attached hydrogens (tertiary/aromatic N) is 1. The van der Waals surface area contributed by atoms with E-state index in [-0.39, 0.29) is 17.7 Å². The summed E-state index contributed by atoms with van der Waals surface area (Å²) in [7, 11) is 4.70. The van der Waals surface area contributed by atoms with Gasteiger partial charge in [-0.25, -0.2) is 0 Å². The first-order chi connectivity index (χ1) is 15.0. The van der Waals surface area contributed by atoms with Gasteiger partial charge in [-0.1, -0.05) is 30.3 Å². The summed E-state index contributed by atoms with van der Waals surface area (Å²) >= 11 is 0. The molecule has 1 aliphatic rings. The molecule has 2 aromatic rings. The number of carbonyl (C=O) groups excluding carboxylic acids is 2. The maximum absolute atomic E-state index is 12.8. The van der Waals surface area contributed by atoms with Gasteiger partial charge in [0.1, 0.15) is 5.75 Å².